The number of hydrogen-bond donors (Lipinski definition) is 0. The third kappa shape index (κ3) is 3.17. The second-order valence-electron chi connectivity index (χ2n) is 6.74. The molecule has 0 amide bonds. The van der Waals surface area contributed by atoms with Crippen molar-refractivity contribution in [2.24, 2.45) is 15.0 Å². The molecule has 126 valence electrons. The van der Waals surface area contributed by atoms with Crippen molar-refractivity contribution >= 4 is 18.2 Å². The molecule has 0 bridgehead atoms. The molecule has 0 heterocycles. The maximum absolute atomic E-state index is 10.9. The lowest BCUT2D eigenvalue weighted by atomic mass is 9.75. The summed E-state index contributed by atoms with van der Waals surface area (Å²) in [4.78, 5) is 43.5. The first kappa shape index (κ1) is 19.4. The molecule has 6 heteroatoms. The molecule has 6 nitrogen and oxygen atoms in total. The number of benzene rings is 1. The van der Waals surface area contributed by atoms with Gasteiger partial charge < -0.3 is 0 Å². The van der Waals surface area contributed by atoms with Gasteiger partial charge in [0.15, 0.2) is 0 Å². The Kier molecular flexibility index (Phi) is 5.54. The summed E-state index contributed by atoms with van der Waals surface area (Å²) in [6, 6.07) is 0. The SMILES string of the molecule is Cc1c(C)c(C(C)(C)C)c(C)c(C(N=C=O)(N=C=O)N=C=O)c1C. The van der Waals surface area contributed by atoms with Crippen LogP contribution in [-0.2, 0) is 25.6 Å². The van der Waals surface area contributed by atoms with E-state index < -0.39 is 5.79 Å². The number of hydrogen-bond acceptors (Lipinski definition) is 6. The lowest BCUT2D eigenvalue weighted by Gasteiger charge is -2.31. The lowest BCUT2D eigenvalue weighted by molar-refractivity contribution is 0.459. The summed E-state index contributed by atoms with van der Waals surface area (Å²) in [5.74, 6) is -2.03. The molecule has 0 N–H and O–H groups in total. The van der Waals surface area contributed by atoms with Crippen molar-refractivity contribution in [2.45, 2.75) is 59.7 Å². The van der Waals surface area contributed by atoms with E-state index in [-0.39, 0.29) is 5.41 Å². The average molecular weight is 327 g/mol. The van der Waals surface area contributed by atoms with Crippen molar-refractivity contribution in [3.63, 3.8) is 0 Å². The molecule has 1 aromatic carbocycles. The van der Waals surface area contributed by atoms with Gasteiger partial charge in [0, 0.05) is 5.56 Å². The van der Waals surface area contributed by atoms with Crippen LogP contribution in [0.3, 0.4) is 0 Å². The van der Waals surface area contributed by atoms with Crippen LogP contribution in [0.15, 0.2) is 15.0 Å². The van der Waals surface area contributed by atoms with Crippen molar-refractivity contribution in [2.75, 3.05) is 0 Å². The summed E-state index contributed by atoms with van der Waals surface area (Å²) in [7, 11) is 0. The maximum atomic E-state index is 10.9. The van der Waals surface area contributed by atoms with Gasteiger partial charge in [-0.3, -0.25) is 0 Å². The first-order valence-electron chi connectivity index (χ1n) is 7.45. The van der Waals surface area contributed by atoms with Gasteiger partial charge in [-0.25, -0.2) is 14.4 Å². The Morgan fingerprint density at radius 3 is 1.33 bits per heavy atom. The summed E-state index contributed by atoms with van der Waals surface area (Å²) < 4.78 is 0. The van der Waals surface area contributed by atoms with Crippen LogP contribution in [0.25, 0.3) is 0 Å². The number of carbonyl (C=O) groups excluding carboxylic acids is 3. The van der Waals surface area contributed by atoms with Crippen LogP contribution in [0.4, 0.5) is 0 Å². The summed E-state index contributed by atoms with van der Waals surface area (Å²) in [5, 5.41) is 0. The topological polar surface area (TPSA) is 88.3 Å². The molecule has 0 aliphatic rings. The molecule has 0 aliphatic carbocycles. The van der Waals surface area contributed by atoms with E-state index in [0.29, 0.717) is 5.56 Å². The van der Waals surface area contributed by atoms with E-state index in [4.69, 9.17) is 0 Å². The Bertz CT molecular complexity index is 770. The van der Waals surface area contributed by atoms with Gasteiger partial charge in [-0.15, -0.1) is 15.0 Å². The molecular formula is C18H21N3O3. The van der Waals surface area contributed by atoms with Gasteiger partial charge in [0.2, 0.25) is 18.2 Å². The fraction of sp³-hybridized carbons (Fsp3) is 0.500. The highest BCUT2D eigenvalue weighted by atomic mass is 16.1. The van der Waals surface area contributed by atoms with Crippen molar-refractivity contribution in [1.82, 2.24) is 0 Å². The van der Waals surface area contributed by atoms with Crippen LogP contribution in [0.1, 0.15) is 54.2 Å². The minimum atomic E-state index is -2.03. The van der Waals surface area contributed by atoms with Gasteiger partial charge in [0.05, 0.1) is 0 Å². The molecule has 0 aromatic heterocycles. The van der Waals surface area contributed by atoms with Gasteiger partial charge in [-0.05, 0) is 60.9 Å². The van der Waals surface area contributed by atoms with Crippen molar-refractivity contribution in [1.29, 1.82) is 0 Å². The first-order valence-corrected chi connectivity index (χ1v) is 7.45. The van der Waals surface area contributed by atoms with Crippen LogP contribution in [0, 0.1) is 27.7 Å². The largest absolute Gasteiger partial charge is 0.304 e. The Morgan fingerprint density at radius 2 is 1.00 bits per heavy atom. The molecule has 1 aromatic rings. The molecule has 0 radical (unpaired) electrons. The number of isocyanates is 3. The third-order valence-corrected chi connectivity index (χ3v) is 4.32. The summed E-state index contributed by atoms with van der Waals surface area (Å²) in [6.07, 6.45) is 4.06. The van der Waals surface area contributed by atoms with Gasteiger partial charge in [-0.1, -0.05) is 20.8 Å². The molecule has 1 rings (SSSR count). The smallest absolute Gasteiger partial charge is 0.211 e. The Morgan fingerprint density at radius 1 is 0.625 bits per heavy atom. The molecule has 0 unspecified atom stereocenters. The molecule has 0 saturated carbocycles. The van der Waals surface area contributed by atoms with Gasteiger partial charge in [-0.2, -0.15) is 0 Å². The molecule has 0 saturated heterocycles. The highest BCUT2D eigenvalue weighted by Gasteiger charge is 2.38. The fourth-order valence-corrected chi connectivity index (χ4v) is 3.41. The highest BCUT2D eigenvalue weighted by molar-refractivity contribution is 5.58. The van der Waals surface area contributed by atoms with E-state index in [2.05, 4.69) is 35.7 Å². The minimum Gasteiger partial charge on any atom is -0.211 e. The quantitative estimate of drug-likeness (QED) is 0.627. The van der Waals surface area contributed by atoms with Crippen LogP contribution >= 0.6 is 0 Å². The molecule has 0 aliphatic heterocycles. The first-order chi connectivity index (χ1) is 11.1. The third-order valence-electron chi connectivity index (χ3n) is 4.32. The standard InChI is InChI=1S/C18H21N3O3/c1-11-12(2)15(17(5,6)7)14(4)16(13(11)3)18(19-8-22,20-9-23)21-10-24/h1-7H3. The lowest BCUT2D eigenvalue weighted by Crippen LogP contribution is -2.26. The van der Waals surface area contributed by atoms with Gasteiger partial charge >= 0.3 is 5.79 Å². The zero-order chi connectivity index (χ0) is 18.7. The molecule has 0 atom stereocenters. The van der Waals surface area contributed by atoms with Crippen LogP contribution in [0.5, 0.6) is 0 Å². The maximum Gasteiger partial charge on any atom is 0.304 e. The Labute approximate surface area is 141 Å². The zero-order valence-corrected chi connectivity index (χ0v) is 15.1. The predicted octanol–water partition coefficient (Wildman–Crippen LogP) is 3.34. The molecule has 0 spiro atoms. The number of rotatable bonds is 4. The zero-order valence-electron chi connectivity index (χ0n) is 15.1. The van der Waals surface area contributed by atoms with Gasteiger partial charge in [0.25, 0.3) is 0 Å². The van der Waals surface area contributed by atoms with Crippen LogP contribution in [0.2, 0.25) is 0 Å². The molecule has 0 fully saturated rings. The highest BCUT2D eigenvalue weighted by Crippen LogP contribution is 2.41. The van der Waals surface area contributed by atoms with Crippen molar-refractivity contribution in [3.05, 3.63) is 33.4 Å². The number of aliphatic imine (C=N–C) groups is 3. The second kappa shape index (κ2) is 6.86. The van der Waals surface area contributed by atoms with E-state index in [1.807, 2.05) is 27.7 Å². The van der Waals surface area contributed by atoms with E-state index in [9.17, 15) is 14.4 Å². The minimum absolute atomic E-state index is 0.214. The van der Waals surface area contributed by atoms with E-state index in [1.54, 1.807) is 0 Å². The van der Waals surface area contributed by atoms with E-state index in [0.717, 1.165) is 27.8 Å². The van der Waals surface area contributed by atoms with Crippen LogP contribution < -0.4 is 0 Å². The van der Waals surface area contributed by atoms with Crippen molar-refractivity contribution < 1.29 is 14.4 Å². The Balaban J connectivity index is 4.20. The summed E-state index contributed by atoms with van der Waals surface area (Å²) in [6.45, 7) is 13.7. The molecular weight excluding hydrogens is 306 g/mol. The second-order valence-corrected chi connectivity index (χ2v) is 6.74. The normalized spacial score (nSPS) is 13.1. The number of nitrogens with zero attached hydrogens (tertiary/aromatic N) is 3. The fourth-order valence-electron chi connectivity index (χ4n) is 3.41. The van der Waals surface area contributed by atoms with Gasteiger partial charge in [0.1, 0.15) is 0 Å². The van der Waals surface area contributed by atoms with E-state index >= 15 is 0 Å². The molecule has 24 heavy (non-hydrogen) atoms. The average Bonchev–Trinajstić information content (AvgIpc) is 2.44. The predicted molar refractivity (Wildman–Crippen MR) is 90.1 cm³/mol. The van der Waals surface area contributed by atoms with Crippen LogP contribution in [-0.4, -0.2) is 18.2 Å². The monoisotopic (exact) mass is 327 g/mol. The van der Waals surface area contributed by atoms with Crippen molar-refractivity contribution in [3.8, 4) is 0 Å². The summed E-state index contributed by atoms with van der Waals surface area (Å²) in [5.41, 5.74) is 4.77. The Hall–Kier alpha value is -2.64. The van der Waals surface area contributed by atoms with E-state index in [1.165, 1.54) is 18.2 Å². The summed E-state index contributed by atoms with van der Waals surface area (Å²) >= 11 is 0.